The van der Waals surface area contributed by atoms with Crippen LogP contribution in [0.3, 0.4) is 0 Å². The van der Waals surface area contributed by atoms with E-state index in [4.69, 9.17) is 19.6 Å². The zero-order valence-electron chi connectivity index (χ0n) is 19.5. The van der Waals surface area contributed by atoms with E-state index in [2.05, 4.69) is 5.32 Å². The maximum atomic E-state index is 13.0. The van der Waals surface area contributed by atoms with Crippen molar-refractivity contribution in [2.24, 2.45) is 0 Å². The minimum Gasteiger partial charge on any atom is -0.497 e. The summed E-state index contributed by atoms with van der Waals surface area (Å²) in [6.45, 7) is -0.117. The zero-order valence-corrected chi connectivity index (χ0v) is 20.3. The van der Waals surface area contributed by atoms with Gasteiger partial charge in [0, 0.05) is 12.0 Å². The number of benzene rings is 3. The van der Waals surface area contributed by atoms with Crippen molar-refractivity contribution in [2.45, 2.75) is 17.8 Å². The van der Waals surface area contributed by atoms with Gasteiger partial charge in [-0.15, -0.1) is 0 Å². The van der Waals surface area contributed by atoms with Crippen LogP contribution in [0.1, 0.15) is 21.5 Å². The molecule has 1 aliphatic heterocycles. The van der Waals surface area contributed by atoms with Gasteiger partial charge in [-0.25, -0.2) is 4.79 Å². The smallest absolute Gasteiger partial charge is 0.333 e. The number of nitrogens with one attached hydrogen (secondary N) is 2. The second kappa shape index (κ2) is 11.1. The lowest BCUT2D eigenvalue weighted by atomic mass is 9.97. The predicted octanol–water partition coefficient (Wildman–Crippen LogP) is 3.78. The van der Waals surface area contributed by atoms with Crippen molar-refractivity contribution in [3.63, 3.8) is 0 Å². The van der Waals surface area contributed by atoms with Gasteiger partial charge in [0.15, 0.2) is 17.6 Å². The molecule has 1 heterocycles. The third-order valence-electron chi connectivity index (χ3n) is 5.57. The molecule has 1 saturated heterocycles. The van der Waals surface area contributed by atoms with Gasteiger partial charge in [-0.1, -0.05) is 54.2 Å². The van der Waals surface area contributed by atoms with Crippen LogP contribution in [0.25, 0.3) is 0 Å². The summed E-state index contributed by atoms with van der Waals surface area (Å²) >= 11 is 0.841. The minimum atomic E-state index is -1.60. The highest BCUT2D eigenvalue weighted by molar-refractivity contribution is 8.16. The van der Waals surface area contributed by atoms with Gasteiger partial charge in [0.1, 0.15) is 18.1 Å². The number of hydrogen-bond acceptors (Lipinski definition) is 8. The van der Waals surface area contributed by atoms with Crippen molar-refractivity contribution in [3.8, 4) is 11.5 Å². The maximum absolute atomic E-state index is 13.0. The molecule has 0 saturated carbocycles. The van der Waals surface area contributed by atoms with E-state index in [1.807, 2.05) is 30.3 Å². The number of amidine groups is 1. The van der Waals surface area contributed by atoms with Gasteiger partial charge in [-0.05, 0) is 47.5 Å². The minimum absolute atomic E-state index is 0.0254. The number of rotatable bonds is 10. The van der Waals surface area contributed by atoms with E-state index in [0.29, 0.717) is 22.6 Å². The molecule has 2 N–H and O–H groups in total. The molecule has 0 spiro atoms. The third kappa shape index (κ3) is 5.75. The van der Waals surface area contributed by atoms with Crippen molar-refractivity contribution in [3.05, 3.63) is 95.6 Å². The molecule has 4 rings (SSSR count). The third-order valence-corrected chi connectivity index (χ3v) is 6.72. The standard InChI is InChI=1S/C27H24N2O6S/c1-33-21-13-9-20(10-14-21)23(30)17-34-22-11-7-18(8-12-22)15-27(24(31)29-26(28)36-27)25(32)35-16-19-5-3-2-4-6-19/h2-14H,15-17H2,1H3,(H2,28,29,31). The summed E-state index contributed by atoms with van der Waals surface area (Å²) in [6.07, 6.45) is 0.0323. The normalized spacial score (nSPS) is 16.8. The summed E-state index contributed by atoms with van der Waals surface area (Å²) in [7, 11) is 1.56. The summed E-state index contributed by atoms with van der Waals surface area (Å²) < 4.78 is 14.6. The number of carbonyl (C=O) groups is 3. The lowest BCUT2D eigenvalue weighted by Gasteiger charge is -2.22. The van der Waals surface area contributed by atoms with Crippen molar-refractivity contribution < 1.29 is 28.6 Å². The first-order valence-electron chi connectivity index (χ1n) is 11.1. The second-order valence-corrected chi connectivity index (χ2v) is 9.34. The summed E-state index contributed by atoms with van der Waals surface area (Å²) in [6, 6.07) is 22.7. The molecule has 1 atom stereocenters. The van der Waals surface area contributed by atoms with Crippen LogP contribution in [0, 0.1) is 5.41 Å². The Kier molecular flexibility index (Phi) is 7.70. The molecule has 0 aromatic heterocycles. The van der Waals surface area contributed by atoms with Crippen molar-refractivity contribution in [1.29, 1.82) is 5.41 Å². The quantitative estimate of drug-likeness (QED) is 0.245. The molecular weight excluding hydrogens is 480 g/mol. The molecule has 9 heteroatoms. The van der Waals surface area contributed by atoms with Gasteiger partial charge in [-0.2, -0.15) is 0 Å². The van der Waals surface area contributed by atoms with E-state index in [1.54, 1.807) is 55.6 Å². The number of hydrogen-bond donors (Lipinski definition) is 2. The number of methoxy groups -OCH3 is 1. The van der Waals surface area contributed by atoms with Crippen LogP contribution in [-0.2, 0) is 27.4 Å². The van der Waals surface area contributed by atoms with Gasteiger partial charge in [0.2, 0.25) is 4.75 Å². The van der Waals surface area contributed by atoms with Crippen LogP contribution in [0.2, 0.25) is 0 Å². The van der Waals surface area contributed by atoms with E-state index < -0.39 is 16.6 Å². The fraction of sp³-hybridized carbons (Fsp3) is 0.185. The Balaban J connectivity index is 1.40. The first kappa shape index (κ1) is 25.0. The monoisotopic (exact) mass is 504 g/mol. The fourth-order valence-electron chi connectivity index (χ4n) is 3.61. The van der Waals surface area contributed by atoms with Crippen molar-refractivity contribution in [2.75, 3.05) is 13.7 Å². The van der Waals surface area contributed by atoms with E-state index in [9.17, 15) is 14.4 Å². The molecule has 0 bridgehead atoms. The van der Waals surface area contributed by atoms with Crippen LogP contribution in [0.4, 0.5) is 0 Å². The number of amides is 1. The van der Waals surface area contributed by atoms with Crippen LogP contribution >= 0.6 is 11.8 Å². The number of carbonyl (C=O) groups excluding carboxylic acids is 3. The Bertz CT molecular complexity index is 1260. The molecule has 184 valence electrons. The molecule has 1 unspecified atom stereocenters. The molecule has 0 aliphatic carbocycles. The maximum Gasteiger partial charge on any atom is 0.333 e. The lowest BCUT2D eigenvalue weighted by molar-refractivity contribution is -0.150. The average molecular weight is 505 g/mol. The molecule has 0 radical (unpaired) electrons. The number of ether oxygens (including phenoxy) is 3. The summed E-state index contributed by atoms with van der Waals surface area (Å²) in [5.41, 5.74) is 1.98. The predicted molar refractivity (Wildman–Crippen MR) is 135 cm³/mol. The fourth-order valence-corrected chi connectivity index (χ4v) is 4.63. The molecule has 1 aliphatic rings. The first-order valence-corrected chi connectivity index (χ1v) is 11.9. The molecule has 36 heavy (non-hydrogen) atoms. The van der Waals surface area contributed by atoms with Gasteiger partial charge in [0.05, 0.1) is 7.11 Å². The highest BCUT2D eigenvalue weighted by Gasteiger charge is 2.54. The van der Waals surface area contributed by atoms with E-state index in [-0.39, 0.29) is 30.6 Å². The summed E-state index contributed by atoms with van der Waals surface area (Å²) in [4.78, 5) is 38.2. The number of esters is 1. The van der Waals surface area contributed by atoms with Gasteiger partial charge >= 0.3 is 5.97 Å². The lowest BCUT2D eigenvalue weighted by Crippen LogP contribution is -2.46. The summed E-state index contributed by atoms with van der Waals surface area (Å²) in [5.74, 6) is -0.339. The second-order valence-electron chi connectivity index (χ2n) is 8.04. The zero-order chi connectivity index (χ0) is 25.5. The largest absolute Gasteiger partial charge is 0.497 e. The summed E-state index contributed by atoms with van der Waals surface area (Å²) in [5, 5.41) is 10.2. The molecular formula is C27H24N2O6S. The Morgan fingerprint density at radius 1 is 0.917 bits per heavy atom. The Morgan fingerprint density at radius 3 is 2.19 bits per heavy atom. The van der Waals surface area contributed by atoms with Crippen molar-refractivity contribution >= 4 is 34.6 Å². The molecule has 3 aromatic carbocycles. The number of ketones is 1. The molecule has 8 nitrogen and oxygen atoms in total. The van der Waals surface area contributed by atoms with Gasteiger partial charge in [-0.3, -0.25) is 15.0 Å². The molecule has 1 amide bonds. The first-order chi connectivity index (χ1) is 17.4. The number of thioether (sulfide) groups is 1. The highest BCUT2D eigenvalue weighted by atomic mass is 32.2. The van der Waals surface area contributed by atoms with Crippen molar-refractivity contribution in [1.82, 2.24) is 5.32 Å². The highest BCUT2D eigenvalue weighted by Crippen LogP contribution is 2.37. The molecule has 3 aromatic rings. The Morgan fingerprint density at radius 2 is 1.58 bits per heavy atom. The van der Waals surface area contributed by atoms with E-state index in [0.717, 1.165) is 17.3 Å². The Hall–Kier alpha value is -4.11. The number of Topliss-reactive ketones (excluding diaryl/α,β-unsaturated/α-hetero) is 1. The van der Waals surface area contributed by atoms with Gasteiger partial charge < -0.3 is 19.5 Å². The molecule has 1 fully saturated rings. The van der Waals surface area contributed by atoms with Crippen LogP contribution in [0.5, 0.6) is 11.5 Å². The Labute approximate surface area is 212 Å². The topological polar surface area (TPSA) is 115 Å². The van der Waals surface area contributed by atoms with E-state index in [1.165, 1.54) is 0 Å². The van der Waals surface area contributed by atoms with Crippen LogP contribution in [-0.4, -0.2) is 41.3 Å². The van der Waals surface area contributed by atoms with Crippen LogP contribution < -0.4 is 14.8 Å². The van der Waals surface area contributed by atoms with E-state index >= 15 is 0 Å². The average Bonchev–Trinajstić information content (AvgIpc) is 3.20. The van der Waals surface area contributed by atoms with Gasteiger partial charge in [0.25, 0.3) is 5.91 Å². The van der Waals surface area contributed by atoms with Crippen LogP contribution in [0.15, 0.2) is 78.9 Å². The SMILES string of the molecule is COc1ccc(C(=O)COc2ccc(CC3(C(=O)OCc4ccccc4)SC(=N)NC3=O)cc2)cc1.